The number of quaternary nitrogens is 1. The van der Waals surface area contributed by atoms with Crippen LogP contribution in [-0.2, 0) is 33.3 Å². The van der Waals surface area contributed by atoms with Crippen LogP contribution >= 0.6 is 0 Å². The quantitative estimate of drug-likeness (QED) is 0.0211. The molecule has 0 radical (unpaired) electrons. The lowest BCUT2D eigenvalue weighted by atomic mass is 10.0. The number of likely N-dealkylation sites (N-methyl/N-ethyl adjacent to an activating group) is 1. The lowest BCUT2D eigenvalue weighted by Gasteiger charge is -2.25. The smallest absolute Gasteiger partial charge is 0.361 e. The topological polar surface area (TPSA) is 108 Å². The van der Waals surface area contributed by atoms with Gasteiger partial charge >= 0.3 is 17.9 Å². The van der Waals surface area contributed by atoms with E-state index in [0.29, 0.717) is 23.9 Å². The molecule has 0 rings (SSSR count). The van der Waals surface area contributed by atoms with Crippen LogP contribution in [-0.4, -0.2) is 87.4 Å². The molecule has 1 N–H and O–H groups in total. The number of carbonyl (C=O) groups is 3. The summed E-state index contributed by atoms with van der Waals surface area (Å²) in [4.78, 5) is 37.5. The molecule has 2 unspecified atom stereocenters. The SMILES string of the molecule is CC/C=C\C/C=C\C/C=C\CCCCCCCCCC(=O)OC(COC(=O)CCCCCCCCCCCCCCCCCCCCCCCCCCC/C=C\C/C=C\CCCCCCC)COC(OCC[N+](C)(C)C)C(=O)O. The highest BCUT2D eigenvalue weighted by atomic mass is 16.7. The van der Waals surface area contributed by atoms with Crippen molar-refractivity contribution in [3.05, 3.63) is 60.8 Å². The number of hydrogen-bond donors (Lipinski definition) is 1. The highest BCUT2D eigenvalue weighted by Crippen LogP contribution is 2.18. The van der Waals surface area contributed by atoms with Crippen LogP contribution in [0.4, 0.5) is 0 Å². The molecule has 79 heavy (non-hydrogen) atoms. The Bertz CT molecular complexity index is 1480. The molecule has 0 heterocycles. The first-order valence-electron chi connectivity index (χ1n) is 33.5. The van der Waals surface area contributed by atoms with E-state index in [0.717, 1.165) is 70.6 Å². The van der Waals surface area contributed by atoms with Gasteiger partial charge in [-0.25, -0.2) is 4.79 Å². The predicted octanol–water partition coefficient (Wildman–Crippen LogP) is 20.4. The fourth-order valence-electron chi connectivity index (χ4n) is 9.65. The summed E-state index contributed by atoms with van der Waals surface area (Å²) in [7, 11) is 5.97. The first-order valence-corrected chi connectivity index (χ1v) is 33.5. The minimum absolute atomic E-state index is 0.184. The van der Waals surface area contributed by atoms with Gasteiger partial charge in [0, 0.05) is 12.8 Å². The van der Waals surface area contributed by atoms with Gasteiger partial charge in [-0.1, -0.05) is 280 Å². The van der Waals surface area contributed by atoms with Crippen LogP contribution in [0.15, 0.2) is 60.8 Å². The van der Waals surface area contributed by atoms with Crippen molar-refractivity contribution in [2.75, 3.05) is 47.5 Å². The molecule has 0 aromatic carbocycles. The summed E-state index contributed by atoms with van der Waals surface area (Å²) in [5, 5.41) is 9.71. The molecule has 0 aromatic rings. The molecule has 0 aliphatic rings. The average molecular weight is 1110 g/mol. The summed E-state index contributed by atoms with van der Waals surface area (Å²) in [6.07, 6.45) is 76.3. The number of hydrogen-bond acceptors (Lipinski definition) is 7. The summed E-state index contributed by atoms with van der Waals surface area (Å²) in [6.45, 7) is 4.78. The summed E-state index contributed by atoms with van der Waals surface area (Å²) in [5.41, 5.74) is 0. The second kappa shape index (κ2) is 61.1. The zero-order valence-electron chi connectivity index (χ0n) is 52.5. The molecule has 0 bridgehead atoms. The average Bonchev–Trinajstić information content (AvgIpc) is 3.42. The standard InChI is InChI=1S/C70H127NO8/c1-6-8-10-12-14-16-18-20-22-24-25-26-27-28-29-30-31-32-33-34-35-36-37-38-39-40-41-42-43-45-46-48-50-52-54-56-58-60-67(72)77-64-66(65-78-70(69(74)75)76-63-62-71(3,4)5)79-68(73)61-59-57-55-53-51-49-47-44-23-21-19-17-15-13-11-9-7-2/h9,11,15,17-18,20-21,23-25,66,70H,6-8,10,12-14,16,19,22,26-65H2,1-5H3/p+1/b11-9-,17-15-,20-18-,23-21-,25-24-. The number of unbranched alkanes of at least 4 members (excludes halogenated alkanes) is 37. The first kappa shape index (κ1) is 76.0. The highest BCUT2D eigenvalue weighted by Gasteiger charge is 2.25. The normalized spacial score (nSPS) is 13.1. The number of carbonyl (C=O) groups excluding carboxylic acids is 2. The van der Waals surface area contributed by atoms with Crippen LogP contribution in [0, 0.1) is 0 Å². The van der Waals surface area contributed by atoms with Crippen molar-refractivity contribution in [3.8, 4) is 0 Å². The Labute approximate surface area is 488 Å². The molecular weight excluding hydrogens is 983 g/mol. The van der Waals surface area contributed by atoms with Crippen molar-refractivity contribution in [3.63, 3.8) is 0 Å². The molecule has 0 saturated heterocycles. The van der Waals surface area contributed by atoms with E-state index in [9.17, 15) is 19.5 Å². The Morgan fingerprint density at radius 3 is 1.08 bits per heavy atom. The van der Waals surface area contributed by atoms with E-state index in [1.165, 1.54) is 205 Å². The number of allylic oxidation sites excluding steroid dienone is 10. The minimum Gasteiger partial charge on any atom is -0.477 e. The molecule has 9 heteroatoms. The van der Waals surface area contributed by atoms with E-state index < -0.39 is 24.3 Å². The first-order chi connectivity index (χ1) is 38.6. The molecule has 0 aliphatic carbocycles. The number of ether oxygens (including phenoxy) is 4. The van der Waals surface area contributed by atoms with Gasteiger partial charge in [-0.15, -0.1) is 0 Å². The Kier molecular flexibility index (Phi) is 58.7. The molecule has 0 aromatic heterocycles. The van der Waals surface area contributed by atoms with Crippen LogP contribution in [0.25, 0.3) is 0 Å². The number of carboxylic acids is 1. The molecule has 460 valence electrons. The maximum absolute atomic E-state index is 12.9. The van der Waals surface area contributed by atoms with Crippen LogP contribution < -0.4 is 0 Å². The Morgan fingerprint density at radius 2 is 0.722 bits per heavy atom. The fourth-order valence-corrected chi connectivity index (χ4v) is 9.65. The summed E-state index contributed by atoms with van der Waals surface area (Å²) >= 11 is 0. The van der Waals surface area contributed by atoms with E-state index in [-0.39, 0.29) is 32.2 Å². The van der Waals surface area contributed by atoms with Crippen molar-refractivity contribution < 1.29 is 42.9 Å². The van der Waals surface area contributed by atoms with Crippen LogP contribution in [0.5, 0.6) is 0 Å². The highest BCUT2D eigenvalue weighted by molar-refractivity contribution is 5.71. The van der Waals surface area contributed by atoms with Crippen LogP contribution in [0.3, 0.4) is 0 Å². The van der Waals surface area contributed by atoms with Crippen LogP contribution in [0.2, 0.25) is 0 Å². The number of aliphatic carboxylic acids is 1. The largest absolute Gasteiger partial charge is 0.477 e. The minimum atomic E-state index is -1.51. The second-order valence-electron chi connectivity index (χ2n) is 23.7. The predicted molar refractivity (Wildman–Crippen MR) is 336 cm³/mol. The van der Waals surface area contributed by atoms with E-state index in [1.807, 2.05) is 21.1 Å². The van der Waals surface area contributed by atoms with Crippen molar-refractivity contribution in [2.45, 2.75) is 322 Å². The number of rotatable bonds is 62. The third-order valence-electron chi connectivity index (χ3n) is 14.8. The van der Waals surface area contributed by atoms with E-state index >= 15 is 0 Å². The molecule has 0 spiro atoms. The van der Waals surface area contributed by atoms with Gasteiger partial charge in [0.25, 0.3) is 6.29 Å². The summed E-state index contributed by atoms with van der Waals surface area (Å²) < 4.78 is 22.9. The second-order valence-corrected chi connectivity index (χ2v) is 23.7. The van der Waals surface area contributed by atoms with Gasteiger partial charge < -0.3 is 28.5 Å². The lowest BCUT2D eigenvalue weighted by Crippen LogP contribution is -2.40. The van der Waals surface area contributed by atoms with E-state index in [1.54, 1.807) is 0 Å². The van der Waals surface area contributed by atoms with Gasteiger partial charge in [0.1, 0.15) is 13.2 Å². The van der Waals surface area contributed by atoms with Gasteiger partial charge in [0.05, 0.1) is 34.4 Å². The molecular formula is C70H128NO8+. The molecule has 0 amide bonds. The maximum atomic E-state index is 12.9. The molecule has 0 aliphatic heterocycles. The summed E-state index contributed by atoms with van der Waals surface area (Å²) in [6, 6.07) is 0. The van der Waals surface area contributed by atoms with E-state index in [4.69, 9.17) is 18.9 Å². The Hall–Kier alpha value is -3.01. The van der Waals surface area contributed by atoms with Crippen LogP contribution in [0.1, 0.15) is 309 Å². The van der Waals surface area contributed by atoms with Crippen molar-refractivity contribution in [1.29, 1.82) is 0 Å². The number of esters is 2. The maximum Gasteiger partial charge on any atom is 0.361 e. The fraction of sp³-hybridized carbons (Fsp3) is 0.814. The Morgan fingerprint density at radius 1 is 0.392 bits per heavy atom. The third kappa shape index (κ3) is 62.4. The van der Waals surface area contributed by atoms with Gasteiger partial charge in [-0.3, -0.25) is 9.59 Å². The Balaban J connectivity index is 3.98. The van der Waals surface area contributed by atoms with Gasteiger partial charge in [0.15, 0.2) is 6.10 Å². The van der Waals surface area contributed by atoms with Crippen molar-refractivity contribution >= 4 is 17.9 Å². The van der Waals surface area contributed by atoms with Gasteiger partial charge in [0.2, 0.25) is 0 Å². The van der Waals surface area contributed by atoms with E-state index in [2.05, 4.69) is 74.6 Å². The molecule has 0 saturated carbocycles. The monoisotopic (exact) mass is 1110 g/mol. The summed E-state index contributed by atoms with van der Waals surface area (Å²) in [5.74, 6) is -2.01. The van der Waals surface area contributed by atoms with Crippen molar-refractivity contribution in [2.24, 2.45) is 0 Å². The third-order valence-corrected chi connectivity index (χ3v) is 14.8. The van der Waals surface area contributed by atoms with Crippen molar-refractivity contribution in [1.82, 2.24) is 0 Å². The zero-order valence-corrected chi connectivity index (χ0v) is 52.5. The molecule has 0 fully saturated rings. The molecule has 9 nitrogen and oxygen atoms in total. The molecule has 2 atom stereocenters. The zero-order chi connectivity index (χ0) is 57.6. The van der Waals surface area contributed by atoms with Gasteiger partial charge in [-0.05, 0) is 77.0 Å². The lowest BCUT2D eigenvalue weighted by molar-refractivity contribution is -0.870. The number of nitrogens with zero attached hydrogens (tertiary/aromatic N) is 1. The number of carboxylic acid groups (broad SMARTS) is 1. The van der Waals surface area contributed by atoms with Gasteiger partial charge in [-0.2, -0.15) is 0 Å².